The number of aliphatic hydroxyl groups is 1. The van der Waals surface area contributed by atoms with Gasteiger partial charge in [0.1, 0.15) is 0 Å². The molecule has 0 aliphatic rings. The van der Waals surface area contributed by atoms with Crippen molar-refractivity contribution in [3.8, 4) is 17.0 Å². The smallest absolute Gasteiger partial charge is 0.215 e. The standard InChI is InChI=1S/C15H18N2O2/c1-10-7-13(8-17-15(10)19-2)11-3-5-12(6-4-11)14(16)9-18/h3-8,14,18H,9,16H2,1-2H3/t14-/m0/s1. The van der Waals surface area contributed by atoms with E-state index >= 15 is 0 Å². The van der Waals surface area contributed by atoms with Crippen molar-refractivity contribution in [2.75, 3.05) is 13.7 Å². The van der Waals surface area contributed by atoms with Gasteiger partial charge in [-0.2, -0.15) is 0 Å². The number of methoxy groups -OCH3 is 1. The van der Waals surface area contributed by atoms with Crippen LogP contribution in [0.2, 0.25) is 0 Å². The number of aryl methyl sites for hydroxylation is 1. The SMILES string of the molecule is COc1ncc(-c2ccc([C@@H](N)CO)cc2)cc1C. The first-order chi connectivity index (χ1) is 9.15. The minimum atomic E-state index is -0.329. The minimum Gasteiger partial charge on any atom is -0.481 e. The van der Waals surface area contributed by atoms with Gasteiger partial charge in [0.2, 0.25) is 5.88 Å². The number of aromatic nitrogens is 1. The van der Waals surface area contributed by atoms with Crippen molar-refractivity contribution in [2.45, 2.75) is 13.0 Å². The van der Waals surface area contributed by atoms with Gasteiger partial charge in [-0.25, -0.2) is 4.98 Å². The number of aliphatic hydroxyl groups excluding tert-OH is 1. The molecule has 3 N–H and O–H groups in total. The first-order valence-electron chi connectivity index (χ1n) is 6.13. The molecule has 0 amide bonds. The summed E-state index contributed by atoms with van der Waals surface area (Å²) in [5.41, 5.74) is 9.78. The molecule has 2 aromatic rings. The summed E-state index contributed by atoms with van der Waals surface area (Å²) < 4.78 is 5.15. The fraction of sp³-hybridized carbons (Fsp3) is 0.267. The maximum Gasteiger partial charge on any atom is 0.215 e. The highest BCUT2D eigenvalue weighted by Gasteiger charge is 2.06. The van der Waals surface area contributed by atoms with Crippen LogP contribution >= 0.6 is 0 Å². The molecule has 19 heavy (non-hydrogen) atoms. The Hall–Kier alpha value is -1.91. The van der Waals surface area contributed by atoms with Gasteiger partial charge in [0.25, 0.3) is 0 Å². The van der Waals surface area contributed by atoms with Gasteiger partial charge in [0.05, 0.1) is 19.8 Å². The maximum absolute atomic E-state index is 9.02. The molecule has 100 valence electrons. The maximum atomic E-state index is 9.02. The fourth-order valence-corrected chi connectivity index (χ4v) is 1.96. The molecule has 0 saturated heterocycles. The first kappa shape index (κ1) is 13.5. The van der Waals surface area contributed by atoms with E-state index in [2.05, 4.69) is 4.98 Å². The largest absolute Gasteiger partial charge is 0.481 e. The number of nitrogens with two attached hydrogens (primary N) is 1. The molecule has 0 fully saturated rings. The lowest BCUT2D eigenvalue weighted by Gasteiger charge is -2.10. The van der Waals surface area contributed by atoms with Crippen LogP contribution in [0.1, 0.15) is 17.2 Å². The Morgan fingerprint density at radius 3 is 2.47 bits per heavy atom. The minimum absolute atomic E-state index is 0.0530. The normalized spacial score (nSPS) is 12.2. The molecule has 2 rings (SSSR count). The third kappa shape index (κ3) is 2.92. The van der Waals surface area contributed by atoms with Gasteiger partial charge in [-0.15, -0.1) is 0 Å². The summed E-state index contributed by atoms with van der Waals surface area (Å²) in [6.07, 6.45) is 1.78. The Labute approximate surface area is 112 Å². The van der Waals surface area contributed by atoms with Crippen LogP contribution in [0.3, 0.4) is 0 Å². The predicted molar refractivity (Wildman–Crippen MR) is 75.0 cm³/mol. The van der Waals surface area contributed by atoms with E-state index in [4.69, 9.17) is 15.6 Å². The van der Waals surface area contributed by atoms with E-state index < -0.39 is 0 Å². The molecule has 1 heterocycles. The fourth-order valence-electron chi connectivity index (χ4n) is 1.96. The molecule has 1 aromatic carbocycles. The number of ether oxygens (including phenoxy) is 1. The molecule has 4 nitrogen and oxygen atoms in total. The molecule has 1 aromatic heterocycles. The Balaban J connectivity index is 2.29. The zero-order valence-electron chi connectivity index (χ0n) is 11.1. The van der Waals surface area contributed by atoms with Crippen LogP contribution in [0.4, 0.5) is 0 Å². The summed E-state index contributed by atoms with van der Waals surface area (Å²) in [5, 5.41) is 9.02. The van der Waals surface area contributed by atoms with Crippen molar-refractivity contribution >= 4 is 0 Å². The zero-order chi connectivity index (χ0) is 13.8. The van der Waals surface area contributed by atoms with Crippen LogP contribution in [0, 0.1) is 6.92 Å². The molecule has 1 atom stereocenters. The van der Waals surface area contributed by atoms with Crippen LogP contribution in [0.5, 0.6) is 5.88 Å². The molecule has 0 unspecified atom stereocenters. The lowest BCUT2D eigenvalue weighted by atomic mass is 10.0. The third-order valence-electron chi connectivity index (χ3n) is 3.09. The van der Waals surface area contributed by atoms with E-state index in [1.807, 2.05) is 37.3 Å². The van der Waals surface area contributed by atoms with Crippen LogP contribution in [-0.4, -0.2) is 23.8 Å². The van der Waals surface area contributed by atoms with Crippen LogP contribution < -0.4 is 10.5 Å². The summed E-state index contributed by atoms with van der Waals surface area (Å²) in [6.45, 7) is 1.91. The second-order valence-corrected chi connectivity index (χ2v) is 4.46. The number of benzene rings is 1. The van der Waals surface area contributed by atoms with Crippen molar-refractivity contribution in [1.82, 2.24) is 4.98 Å². The number of hydrogen-bond donors (Lipinski definition) is 2. The van der Waals surface area contributed by atoms with E-state index in [9.17, 15) is 0 Å². The molecular formula is C15H18N2O2. The van der Waals surface area contributed by atoms with E-state index in [-0.39, 0.29) is 12.6 Å². The number of pyridine rings is 1. The lowest BCUT2D eigenvalue weighted by molar-refractivity contribution is 0.268. The molecule has 0 bridgehead atoms. The second-order valence-electron chi connectivity index (χ2n) is 4.46. The Bertz CT molecular complexity index is 553. The summed E-state index contributed by atoms with van der Waals surface area (Å²) in [5.74, 6) is 0.641. The summed E-state index contributed by atoms with van der Waals surface area (Å²) in [6, 6.07) is 9.52. The Morgan fingerprint density at radius 1 is 1.26 bits per heavy atom. The van der Waals surface area contributed by atoms with Gasteiger partial charge in [0.15, 0.2) is 0 Å². The lowest BCUT2D eigenvalue weighted by Crippen LogP contribution is -2.14. The van der Waals surface area contributed by atoms with E-state index in [1.165, 1.54) is 0 Å². The average Bonchev–Trinajstić information content (AvgIpc) is 2.46. The zero-order valence-corrected chi connectivity index (χ0v) is 11.1. The van der Waals surface area contributed by atoms with Crippen LogP contribution in [0.15, 0.2) is 36.5 Å². The quantitative estimate of drug-likeness (QED) is 0.880. The molecule has 0 aliphatic heterocycles. The second kappa shape index (κ2) is 5.82. The van der Waals surface area contributed by atoms with E-state index in [0.717, 1.165) is 22.3 Å². The molecule has 0 spiro atoms. The predicted octanol–water partition coefficient (Wildman–Crippen LogP) is 2.06. The van der Waals surface area contributed by atoms with Crippen molar-refractivity contribution < 1.29 is 9.84 Å². The van der Waals surface area contributed by atoms with Gasteiger partial charge >= 0.3 is 0 Å². The summed E-state index contributed by atoms with van der Waals surface area (Å²) in [7, 11) is 1.61. The summed E-state index contributed by atoms with van der Waals surface area (Å²) in [4.78, 5) is 4.26. The number of rotatable bonds is 4. The Morgan fingerprint density at radius 2 is 1.95 bits per heavy atom. The highest BCUT2D eigenvalue weighted by Crippen LogP contribution is 2.24. The van der Waals surface area contributed by atoms with Gasteiger partial charge in [0, 0.05) is 17.3 Å². The number of nitrogens with zero attached hydrogens (tertiary/aromatic N) is 1. The first-order valence-corrected chi connectivity index (χ1v) is 6.13. The highest BCUT2D eigenvalue weighted by molar-refractivity contribution is 5.64. The van der Waals surface area contributed by atoms with E-state index in [0.29, 0.717) is 5.88 Å². The third-order valence-corrected chi connectivity index (χ3v) is 3.09. The van der Waals surface area contributed by atoms with Crippen LogP contribution in [0.25, 0.3) is 11.1 Å². The monoisotopic (exact) mass is 258 g/mol. The highest BCUT2D eigenvalue weighted by atomic mass is 16.5. The van der Waals surface area contributed by atoms with Crippen LogP contribution in [-0.2, 0) is 0 Å². The van der Waals surface area contributed by atoms with Crippen molar-refractivity contribution in [3.63, 3.8) is 0 Å². The van der Waals surface area contributed by atoms with Gasteiger partial charge < -0.3 is 15.6 Å². The molecule has 4 heteroatoms. The van der Waals surface area contributed by atoms with Gasteiger partial charge in [-0.1, -0.05) is 24.3 Å². The number of hydrogen-bond acceptors (Lipinski definition) is 4. The van der Waals surface area contributed by atoms with Crippen molar-refractivity contribution in [3.05, 3.63) is 47.7 Å². The van der Waals surface area contributed by atoms with Gasteiger partial charge in [-0.3, -0.25) is 0 Å². The van der Waals surface area contributed by atoms with Crippen molar-refractivity contribution in [1.29, 1.82) is 0 Å². The van der Waals surface area contributed by atoms with E-state index in [1.54, 1.807) is 13.3 Å². The average molecular weight is 258 g/mol. The van der Waals surface area contributed by atoms with Crippen molar-refractivity contribution in [2.24, 2.45) is 5.73 Å². The topological polar surface area (TPSA) is 68.4 Å². The van der Waals surface area contributed by atoms with Gasteiger partial charge in [-0.05, 0) is 24.1 Å². The molecule has 0 radical (unpaired) electrons. The Kier molecular flexibility index (Phi) is 4.14. The molecular weight excluding hydrogens is 240 g/mol. The molecule has 0 saturated carbocycles. The molecule has 0 aliphatic carbocycles. The summed E-state index contributed by atoms with van der Waals surface area (Å²) >= 11 is 0.